The zero-order valence-electron chi connectivity index (χ0n) is 6.46. The van der Waals surface area contributed by atoms with Crippen LogP contribution < -0.4 is 0 Å². The number of nitrogens with zero attached hydrogens (tertiary/aromatic N) is 1. The summed E-state index contributed by atoms with van der Waals surface area (Å²) in [7, 11) is 0. The molecule has 0 aliphatic carbocycles. The zero-order valence-corrected chi connectivity index (χ0v) is 6.46. The van der Waals surface area contributed by atoms with E-state index in [4.69, 9.17) is 4.84 Å². The summed E-state index contributed by atoms with van der Waals surface area (Å²) >= 11 is 0. The molecule has 0 saturated carbocycles. The molecule has 1 aliphatic rings. The van der Waals surface area contributed by atoms with Crippen molar-refractivity contribution in [2.24, 2.45) is 0 Å². The SMILES string of the molecule is CCON1C(=O)CCC1C. The van der Waals surface area contributed by atoms with Gasteiger partial charge in [0, 0.05) is 6.42 Å². The smallest absolute Gasteiger partial charge is 0.246 e. The summed E-state index contributed by atoms with van der Waals surface area (Å²) in [5.41, 5.74) is 0. The molecule has 1 unspecified atom stereocenters. The fourth-order valence-corrected chi connectivity index (χ4v) is 1.14. The predicted octanol–water partition coefficient (Wildman–Crippen LogP) is 0.949. The molecule has 1 amide bonds. The van der Waals surface area contributed by atoms with Crippen LogP contribution in [0, 0.1) is 0 Å². The maximum atomic E-state index is 11.0. The Labute approximate surface area is 60.9 Å². The second-order valence-corrected chi connectivity index (χ2v) is 2.53. The van der Waals surface area contributed by atoms with Gasteiger partial charge in [-0.1, -0.05) is 0 Å². The average molecular weight is 143 g/mol. The number of hydroxylamine groups is 2. The molecule has 0 aromatic carbocycles. The molecular weight excluding hydrogens is 130 g/mol. The molecule has 0 radical (unpaired) electrons. The van der Waals surface area contributed by atoms with Gasteiger partial charge in [-0.15, -0.1) is 0 Å². The summed E-state index contributed by atoms with van der Waals surface area (Å²) in [5, 5.41) is 1.49. The second kappa shape index (κ2) is 3.01. The molecule has 1 aliphatic heterocycles. The number of hydrogen-bond donors (Lipinski definition) is 0. The number of amides is 1. The second-order valence-electron chi connectivity index (χ2n) is 2.53. The fourth-order valence-electron chi connectivity index (χ4n) is 1.14. The summed E-state index contributed by atoms with van der Waals surface area (Å²) < 4.78 is 0. The molecule has 1 fully saturated rings. The molecule has 0 N–H and O–H groups in total. The molecular formula is C7H13NO2. The van der Waals surface area contributed by atoms with Crippen LogP contribution in [-0.2, 0) is 9.63 Å². The van der Waals surface area contributed by atoms with Crippen LogP contribution in [0.1, 0.15) is 26.7 Å². The minimum atomic E-state index is 0.120. The van der Waals surface area contributed by atoms with Crippen molar-refractivity contribution in [3.05, 3.63) is 0 Å². The van der Waals surface area contributed by atoms with Crippen molar-refractivity contribution in [3.8, 4) is 0 Å². The molecule has 0 bridgehead atoms. The van der Waals surface area contributed by atoms with Crippen molar-refractivity contribution in [1.82, 2.24) is 5.06 Å². The van der Waals surface area contributed by atoms with E-state index in [-0.39, 0.29) is 11.9 Å². The molecule has 0 aromatic heterocycles. The molecule has 3 heteroatoms. The van der Waals surface area contributed by atoms with Crippen molar-refractivity contribution >= 4 is 5.91 Å². The highest BCUT2D eigenvalue weighted by atomic mass is 16.7. The first-order valence-corrected chi connectivity index (χ1v) is 3.70. The Kier molecular flexibility index (Phi) is 2.27. The van der Waals surface area contributed by atoms with Crippen LogP contribution in [0.2, 0.25) is 0 Å². The lowest BCUT2D eigenvalue weighted by molar-refractivity contribution is -0.185. The van der Waals surface area contributed by atoms with Crippen LogP contribution in [0.4, 0.5) is 0 Å². The minimum Gasteiger partial charge on any atom is -0.273 e. The molecule has 1 heterocycles. The van der Waals surface area contributed by atoms with Gasteiger partial charge in [0.15, 0.2) is 0 Å². The average Bonchev–Trinajstić information content (AvgIpc) is 2.20. The predicted molar refractivity (Wildman–Crippen MR) is 37.2 cm³/mol. The van der Waals surface area contributed by atoms with E-state index >= 15 is 0 Å². The Morgan fingerprint density at radius 2 is 2.50 bits per heavy atom. The Bertz CT molecular complexity index is 136. The van der Waals surface area contributed by atoms with Gasteiger partial charge >= 0.3 is 0 Å². The van der Waals surface area contributed by atoms with Gasteiger partial charge in [0.1, 0.15) is 0 Å². The first-order chi connectivity index (χ1) is 4.75. The largest absolute Gasteiger partial charge is 0.273 e. The van der Waals surface area contributed by atoms with Crippen molar-refractivity contribution in [1.29, 1.82) is 0 Å². The van der Waals surface area contributed by atoms with Crippen LogP contribution in [0.3, 0.4) is 0 Å². The third-order valence-corrected chi connectivity index (χ3v) is 1.69. The standard InChI is InChI=1S/C7H13NO2/c1-3-10-8-6(2)4-5-7(8)9/h6H,3-5H2,1-2H3. The number of hydrogen-bond acceptors (Lipinski definition) is 2. The van der Waals surface area contributed by atoms with E-state index in [1.165, 1.54) is 5.06 Å². The quantitative estimate of drug-likeness (QED) is 0.576. The lowest BCUT2D eigenvalue weighted by Crippen LogP contribution is -2.30. The van der Waals surface area contributed by atoms with Crippen molar-refractivity contribution in [3.63, 3.8) is 0 Å². The van der Waals surface area contributed by atoms with Crippen LogP contribution in [0.5, 0.6) is 0 Å². The van der Waals surface area contributed by atoms with Crippen LogP contribution in [0.15, 0.2) is 0 Å². The molecule has 58 valence electrons. The lowest BCUT2D eigenvalue weighted by Gasteiger charge is -2.19. The summed E-state index contributed by atoms with van der Waals surface area (Å²) in [4.78, 5) is 16.1. The van der Waals surface area contributed by atoms with E-state index in [9.17, 15) is 4.79 Å². The van der Waals surface area contributed by atoms with Crippen molar-refractivity contribution < 1.29 is 9.63 Å². The zero-order chi connectivity index (χ0) is 7.56. The molecule has 10 heavy (non-hydrogen) atoms. The maximum absolute atomic E-state index is 11.0. The highest BCUT2D eigenvalue weighted by molar-refractivity contribution is 5.77. The third-order valence-electron chi connectivity index (χ3n) is 1.69. The van der Waals surface area contributed by atoms with Crippen LogP contribution in [-0.4, -0.2) is 23.6 Å². The summed E-state index contributed by atoms with van der Waals surface area (Å²) in [5.74, 6) is 0.120. The van der Waals surface area contributed by atoms with E-state index in [2.05, 4.69) is 0 Å². The summed E-state index contributed by atoms with van der Waals surface area (Å²) in [6.07, 6.45) is 1.57. The van der Waals surface area contributed by atoms with Crippen molar-refractivity contribution in [2.45, 2.75) is 32.7 Å². The maximum Gasteiger partial charge on any atom is 0.246 e. The first-order valence-electron chi connectivity index (χ1n) is 3.70. The highest BCUT2D eigenvalue weighted by Crippen LogP contribution is 2.17. The first kappa shape index (κ1) is 7.54. The monoisotopic (exact) mass is 143 g/mol. The van der Waals surface area contributed by atoms with Crippen LogP contribution >= 0.6 is 0 Å². The van der Waals surface area contributed by atoms with Crippen molar-refractivity contribution in [2.75, 3.05) is 6.61 Å². The topological polar surface area (TPSA) is 29.5 Å². The Hall–Kier alpha value is -0.570. The van der Waals surface area contributed by atoms with E-state index in [0.29, 0.717) is 13.0 Å². The Morgan fingerprint density at radius 1 is 1.80 bits per heavy atom. The van der Waals surface area contributed by atoms with Gasteiger partial charge < -0.3 is 0 Å². The molecule has 0 spiro atoms. The Balaban J connectivity index is 2.46. The van der Waals surface area contributed by atoms with Gasteiger partial charge in [0.2, 0.25) is 5.91 Å². The molecule has 1 saturated heterocycles. The van der Waals surface area contributed by atoms with E-state index in [1.54, 1.807) is 0 Å². The van der Waals surface area contributed by atoms with Gasteiger partial charge in [-0.25, -0.2) is 5.06 Å². The van der Waals surface area contributed by atoms with Gasteiger partial charge in [-0.2, -0.15) is 0 Å². The molecule has 3 nitrogen and oxygen atoms in total. The molecule has 1 rings (SSSR count). The Morgan fingerprint density at radius 3 is 2.90 bits per heavy atom. The van der Waals surface area contributed by atoms with Gasteiger partial charge in [0.05, 0.1) is 12.6 Å². The highest BCUT2D eigenvalue weighted by Gasteiger charge is 2.27. The van der Waals surface area contributed by atoms with E-state index in [0.717, 1.165) is 6.42 Å². The lowest BCUT2D eigenvalue weighted by atomic mass is 10.3. The third kappa shape index (κ3) is 1.29. The van der Waals surface area contributed by atoms with E-state index < -0.39 is 0 Å². The number of carbonyl (C=O) groups excluding carboxylic acids is 1. The van der Waals surface area contributed by atoms with Crippen LogP contribution in [0.25, 0.3) is 0 Å². The summed E-state index contributed by atoms with van der Waals surface area (Å²) in [6.45, 7) is 4.47. The number of carbonyl (C=O) groups is 1. The van der Waals surface area contributed by atoms with Gasteiger partial charge in [-0.3, -0.25) is 9.63 Å². The van der Waals surface area contributed by atoms with Gasteiger partial charge in [-0.05, 0) is 20.3 Å². The molecule has 1 atom stereocenters. The normalized spacial score (nSPS) is 26.0. The van der Waals surface area contributed by atoms with Gasteiger partial charge in [0.25, 0.3) is 0 Å². The molecule has 0 aromatic rings. The minimum absolute atomic E-state index is 0.120. The fraction of sp³-hybridized carbons (Fsp3) is 0.857. The van der Waals surface area contributed by atoms with E-state index in [1.807, 2.05) is 13.8 Å². The number of rotatable bonds is 2. The summed E-state index contributed by atoms with van der Waals surface area (Å²) in [6, 6.07) is 0.271.